The summed E-state index contributed by atoms with van der Waals surface area (Å²) in [6, 6.07) is 7.86. The number of benzene rings is 1. The second-order valence-corrected chi connectivity index (χ2v) is 4.10. The van der Waals surface area contributed by atoms with Crippen molar-refractivity contribution in [3.63, 3.8) is 0 Å². The fourth-order valence-corrected chi connectivity index (χ4v) is 2.30. The van der Waals surface area contributed by atoms with E-state index in [0.29, 0.717) is 6.54 Å². The molecule has 0 aliphatic rings. The summed E-state index contributed by atoms with van der Waals surface area (Å²) >= 11 is 0. The molecule has 0 saturated heterocycles. The lowest BCUT2D eigenvalue weighted by Gasteiger charge is -2.04. The first-order valence-electron chi connectivity index (χ1n) is 5.63. The van der Waals surface area contributed by atoms with Gasteiger partial charge in [-0.05, 0) is 31.5 Å². The van der Waals surface area contributed by atoms with Crippen LogP contribution in [0, 0.1) is 6.92 Å². The van der Waals surface area contributed by atoms with Gasteiger partial charge in [0.25, 0.3) is 0 Å². The van der Waals surface area contributed by atoms with E-state index < -0.39 is 5.97 Å². The Morgan fingerprint density at radius 1 is 1.41 bits per heavy atom. The maximum atomic E-state index is 10.9. The Bertz CT molecular complexity index is 558. The standard InChI is InChI=1S/C13H16N2O2/c1-9-10(6-7-14)11-4-2-3-5-12(11)15(9)8-13(16)17/h2-5H,6-8,14H2,1H3,(H,16,17). The Morgan fingerprint density at radius 2 is 2.12 bits per heavy atom. The first kappa shape index (κ1) is 11.7. The fraction of sp³-hybridized carbons (Fsp3) is 0.308. The summed E-state index contributed by atoms with van der Waals surface area (Å²) < 4.78 is 1.84. The van der Waals surface area contributed by atoms with Crippen molar-refractivity contribution in [1.29, 1.82) is 0 Å². The first-order chi connectivity index (χ1) is 8.15. The van der Waals surface area contributed by atoms with E-state index in [1.54, 1.807) is 0 Å². The third-order valence-corrected chi connectivity index (χ3v) is 3.05. The van der Waals surface area contributed by atoms with Gasteiger partial charge in [-0.15, -0.1) is 0 Å². The maximum Gasteiger partial charge on any atom is 0.323 e. The Labute approximate surface area is 99.7 Å². The minimum Gasteiger partial charge on any atom is -0.480 e. The molecule has 0 spiro atoms. The molecule has 2 rings (SSSR count). The summed E-state index contributed by atoms with van der Waals surface area (Å²) in [7, 11) is 0. The highest BCUT2D eigenvalue weighted by molar-refractivity contribution is 5.86. The first-order valence-corrected chi connectivity index (χ1v) is 5.63. The quantitative estimate of drug-likeness (QED) is 0.840. The van der Waals surface area contributed by atoms with Crippen LogP contribution >= 0.6 is 0 Å². The minimum absolute atomic E-state index is 0.00306. The Kier molecular flexibility index (Phi) is 3.15. The molecule has 4 heteroatoms. The van der Waals surface area contributed by atoms with Gasteiger partial charge in [-0.2, -0.15) is 0 Å². The van der Waals surface area contributed by atoms with Gasteiger partial charge in [0.05, 0.1) is 0 Å². The molecule has 0 radical (unpaired) electrons. The Balaban J connectivity index is 2.65. The number of nitrogens with zero attached hydrogens (tertiary/aromatic N) is 1. The summed E-state index contributed by atoms with van der Waals surface area (Å²) in [5, 5.41) is 10.1. The molecule has 0 amide bonds. The van der Waals surface area contributed by atoms with Crippen molar-refractivity contribution in [2.75, 3.05) is 6.54 Å². The molecular formula is C13H16N2O2. The van der Waals surface area contributed by atoms with Crippen LogP contribution in [-0.2, 0) is 17.8 Å². The number of para-hydroxylation sites is 1. The monoisotopic (exact) mass is 232 g/mol. The molecule has 1 aromatic heterocycles. The van der Waals surface area contributed by atoms with Crippen molar-refractivity contribution in [2.24, 2.45) is 5.73 Å². The molecule has 1 aromatic carbocycles. The molecule has 0 bridgehead atoms. The maximum absolute atomic E-state index is 10.9. The van der Waals surface area contributed by atoms with Crippen LogP contribution in [0.3, 0.4) is 0 Å². The van der Waals surface area contributed by atoms with Crippen LogP contribution in [0.25, 0.3) is 10.9 Å². The van der Waals surface area contributed by atoms with E-state index in [9.17, 15) is 4.79 Å². The van der Waals surface area contributed by atoms with Crippen molar-refractivity contribution in [1.82, 2.24) is 4.57 Å². The number of carboxylic acid groups (broad SMARTS) is 1. The second kappa shape index (κ2) is 4.59. The number of fused-ring (bicyclic) bond motifs is 1. The van der Waals surface area contributed by atoms with Crippen LogP contribution in [0.1, 0.15) is 11.3 Å². The molecule has 90 valence electrons. The molecule has 3 N–H and O–H groups in total. The zero-order chi connectivity index (χ0) is 12.4. The zero-order valence-corrected chi connectivity index (χ0v) is 9.81. The van der Waals surface area contributed by atoms with Crippen molar-refractivity contribution in [2.45, 2.75) is 19.9 Å². The molecule has 0 atom stereocenters. The molecule has 0 unspecified atom stereocenters. The van der Waals surface area contributed by atoms with Crippen LogP contribution in [0.4, 0.5) is 0 Å². The normalized spacial score (nSPS) is 10.9. The fourth-order valence-electron chi connectivity index (χ4n) is 2.30. The molecular weight excluding hydrogens is 216 g/mol. The summed E-state index contributed by atoms with van der Waals surface area (Å²) in [4.78, 5) is 10.9. The van der Waals surface area contributed by atoms with E-state index in [1.807, 2.05) is 35.8 Å². The van der Waals surface area contributed by atoms with Gasteiger partial charge in [0.1, 0.15) is 6.54 Å². The van der Waals surface area contributed by atoms with E-state index in [0.717, 1.165) is 28.6 Å². The topological polar surface area (TPSA) is 68.2 Å². The van der Waals surface area contributed by atoms with E-state index in [-0.39, 0.29) is 6.54 Å². The molecule has 2 aromatic rings. The predicted octanol–water partition coefficient (Wildman–Crippen LogP) is 1.54. The number of carbonyl (C=O) groups is 1. The highest BCUT2D eigenvalue weighted by Gasteiger charge is 2.14. The lowest BCUT2D eigenvalue weighted by molar-refractivity contribution is -0.137. The summed E-state index contributed by atoms with van der Waals surface area (Å²) in [6.07, 6.45) is 0.777. The van der Waals surface area contributed by atoms with Crippen molar-refractivity contribution >= 4 is 16.9 Å². The van der Waals surface area contributed by atoms with Gasteiger partial charge < -0.3 is 15.4 Å². The molecule has 0 aliphatic heterocycles. The SMILES string of the molecule is Cc1c(CCN)c2ccccc2n1CC(=O)O. The number of hydrogen-bond acceptors (Lipinski definition) is 2. The third-order valence-electron chi connectivity index (χ3n) is 3.05. The van der Waals surface area contributed by atoms with Crippen LogP contribution in [-0.4, -0.2) is 22.2 Å². The van der Waals surface area contributed by atoms with Crippen LogP contribution < -0.4 is 5.73 Å². The van der Waals surface area contributed by atoms with Crippen molar-refractivity contribution < 1.29 is 9.90 Å². The van der Waals surface area contributed by atoms with Gasteiger partial charge >= 0.3 is 5.97 Å². The summed E-state index contributed by atoms with van der Waals surface area (Å²) in [6.45, 7) is 2.52. The van der Waals surface area contributed by atoms with Gasteiger partial charge in [0, 0.05) is 16.6 Å². The van der Waals surface area contributed by atoms with Gasteiger partial charge in [-0.25, -0.2) is 0 Å². The lowest BCUT2D eigenvalue weighted by atomic mass is 10.1. The van der Waals surface area contributed by atoms with Gasteiger partial charge in [0.2, 0.25) is 0 Å². The average molecular weight is 232 g/mol. The smallest absolute Gasteiger partial charge is 0.323 e. The number of rotatable bonds is 4. The third kappa shape index (κ3) is 2.03. The molecule has 0 saturated carbocycles. The van der Waals surface area contributed by atoms with Gasteiger partial charge in [-0.1, -0.05) is 18.2 Å². The Hall–Kier alpha value is -1.81. The zero-order valence-electron chi connectivity index (χ0n) is 9.81. The summed E-state index contributed by atoms with van der Waals surface area (Å²) in [5.74, 6) is -0.826. The van der Waals surface area contributed by atoms with E-state index in [1.165, 1.54) is 0 Å². The van der Waals surface area contributed by atoms with Crippen molar-refractivity contribution in [3.8, 4) is 0 Å². The van der Waals surface area contributed by atoms with E-state index >= 15 is 0 Å². The lowest BCUT2D eigenvalue weighted by Crippen LogP contribution is -2.10. The predicted molar refractivity (Wildman–Crippen MR) is 67.1 cm³/mol. The second-order valence-electron chi connectivity index (χ2n) is 4.10. The molecule has 0 aliphatic carbocycles. The van der Waals surface area contributed by atoms with Gasteiger partial charge in [0.15, 0.2) is 0 Å². The molecule has 1 heterocycles. The number of carboxylic acids is 1. The van der Waals surface area contributed by atoms with Crippen LogP contribution in [0.2, 0.25) is 0 Å². The Morgan fingerprint density at radius 3 is 2.76 bits per heavy atom. The largest absolute Gasteiger partial charge is 0.480 e. The van der Waals surface area contributed by atoms with Crippen LogP contribution in [0.15, 0.2) is 24.3 Å². The molecule has 0 fully saturated rings. The van der Waals surface area contributed by atoms with E-state index in [2.05, 4.69) is 0 Å². The van der Waals surface area contributed by atoms with Crippen molar-refractivity contribution in [3.05, 3.63) is 35.5 Å². The number of nitrogens with two attached hydrogens (primary N) is 1. The minimum atomic E-state index is -0.826. The molecule has 4 nitrogen and oxygen atoms in total. The highest BCUT2D eigenvalue weighted by atomic mass is 16.4. The highest BCUT2D eigenvalue weighted by Crippen LogP contribution is 2.25. The average Bonchev–Trinajstić information content (AvgIpc) is 2.55. The number of aromatic nitrogens is 1. The summed E-state index contributed by atoms with van der Waals surface area (Å²) in [5.41, 5.74) is 8.73. The number of hydrogen-bond donors (Lipinski definition) is 2. The van der Waals surface area contributed by atoms with Crippen LogP contribution in [0.5, 0.6) is 0 Å². The van der Waals surface area contributed by atoms with Gasteiger partial charge in [-0.3, -0.25) is 4.79 Å². The molecule has 17 heavy (non-hydrogen) atoms. The number of aliphatic carboxylic acids is 1. The van der Waals surface area contributed by atoms with E-state index in [4.69, 9.17) is 10.8 Å².